The highest BCUT2D eigenvalue weighted by Crippen LogP contribution is 2.51. The number of hydrogen-bond donors (Lipinski definition) is 1. The lowest BCUT2D eigenvalue weighted by Crippen LogP contribution is -2.23. The summed E-state index contributed by atoms with van der Waals surface area (Å²) >= 11 is 3.64. The molecule has 0 heterocycles. The Morgan fingerprint density at radius 3 is 1.27 bits per heavy atom. The molecule has 0 radical (unpaired) electrons. The second-order valence-electron chi connectivity index (χ2n) is 15.2. The molecule has 40 heavy (non-hydrogen) atoms. The van der Waals surface area contributed by atoms with Crippen LogP contribution in [-0.2, 0) is 31.2 Å². The first-order valence-corrected chi connectivity index (χ1v) is 15.6. The zero-order valence-electron chi connectivity index (χ0n) is 27.5. The van der Waals surface area contributed by atoms with Gasteiger partial charge in [-0.3, -0.25) is 0 Å². The van der Waals surface area contributed by atoms with Crippen LogP contribution in [0.25, 0.3) is 0 Å². The zero-order valence-corrected chi connectivity index (χ0v) is 29.1. The van der Waals surface area contributed by atoms with E-state index in [9.17, 15) is 9.90 Å². The van der Waals surface area contributed by atoms with Gasteiger partial charge in [0.25, 0.3) is 0 Å². The molecule has 0 spiro atoms. The lowest BCUT2D eigenvalue weighted by atomic mass is 9.79. The van der Waals surface area contributed by atoms with Crippen LogP contribution in [0.15, 0.2) is 34.1 Å². The first-order valence-electron chi connectivity index (χ1n) is 14.0. The fraction of sp³-hybridized carbons (Fsp3) is 0.618. The Labute approximate surface area is 252 Å². The predicted molar refractivity (Wildman–Crippen MR) is 173 cm³/mol. The van der Waals surface area contributed by atoms with Gasteiger partial charge in [0.05, 0.1) is 11.2 Å². The van der Waals surface area contributed by atoms with Crippen LogP contribution in [0.3, 0.4) is 0 Å². The van der Waals surface area contributed by atoms with Crippen LogP contribution in [-0.4, -0.2) is 28.9 Å². The molecule has 0 aliphatic carbocycles. The maximum absolute atomic E-state index is 12.0. The third kappa shape index (κ3) is 8.85. The summed E-state index contributed by atoms with van der Waals surface area (Å²) in [5.74, 6) is 0.777. The van der Waals surface area contributed by atoms with E-state index in [0.717, 1.165) is 37.8 Å². The van der Waals surface area contributed by atoms with Crippen LogP contribution in [0, 0.1) is 0 Å². The second kappa shape index (κ2) is 11.8. The van der Waals surface area contributed by atoms with Crippen molar-refractivity contribution in [2.24, 2.45) is 0 Å². The van der Waals surface area contributed by atoms with Crippen molar-refractivity contribution in [1.82, 2.24) is 0 Å². The molecule has 0 saturated carbocycles. The topological polar surface area (TPSA) is 55.8 Å². The van der Waals surface area contributed by atoms with Crippen molar-refractivity contribution in [1.29, 1.82) is 0 Å². The molecule has 0 unspecified atom stereocenters. The Bertz CT molecular complexity index is 1150. The number of hydrogen-bond acceptors (Lipinski definition) is 6. The minimum Gasteiger partial charge on any atom is -0.507 e. The highest BCUT2D eigenvalue weighted by molar-refractivity contribution is 8.18. The smallest absolute Gasteiger partial charge is 0.343 e. The fourth-order valence-electron chi connectivity index (χ4n) is 4.52. The number of benzene rings is 2. The third-order valence-corrected chi connectivity index (χ3v) is 9.09. The molecule has 224 valence electrons. The van der Waals surface area contributed by atoms with Crippen LogP contribution in [0.4, 0.5) is 0 Å². The van der Waals surface area contributed by atoms with Gasteiger partial charge in [-0.05, 0) is 59.8 Å². The molecule has 0 bridgehead atoms. The highest BCUT2D eigenvalue weighted by atomic mass is 32.2. The number of rotatable bonds is 7. The first-order chi connectivity index (χ1) is 17.9. The number of aromatic hydroxyl groups is 1. The average Bonchev–Trinajstić information content (AvgIpc) is 2.75. The average molecular weight is 589 g/mol. The molecular formula is C34H52O4S2. The largest absolute Gasteiger partial charge is 0.507 e. The standard InChI is InChI=1S/C34H52O4S2/c1-30(2,3)23-16-21(17-24(28(23)36)31(4,5)6)39-34(13,14)40-22-18-25(32(7,8)9)29(38-20-27(35)37-15)26(19-22)33(10,11)12/h16-19,36H,20H2,1-15H3. The van der Waals surface area contributed by atoms with Gasteiger partial charge in [-0.15, -0.1) is 23.5 Å². The lowest BCUT2D eigenvalue weighted by molar-refractivity contribution is -0.142. The Morgan fingerprint density at radius 2 is 0.975 bits per heavy atom. The summed E-state index contributed by atoms with van der Waals surface area (Å²) in [6.45, 7) is 30.3. The summed E-state index contributed by atoms with van der Waals surface area (Å²) in [6.07, 6.45) is 0. The van der Waals surface area contributed by atoms with Gasteiger partial charge in [-0.2, -0.15) is 0 Å². The van der Waals surface area contributed by atoms with Gasteiger partial charge in [0.1, 0.15) is 11.5 Å². The number of phenols is 1. The van der Waals surface area contributed by atoms with Crippen molar-refractivity contribution < 1.29 is 19.4 Å². The van der Waals surface area contributed by atoms with Gasteiger partial charge in [0.15, 0.2) is 6.61 Å². The van der Waals surface area contributed by atoms with Crippen LogP contribution >= 0.6 is 23.5 Å². The summed E-state index contributed by atoms with van der Waals surface area (Å²) in [6, 6.07) is 8.74. The molecular weight excluding hydrogens is 537 g/mol. The third-order valence-electron chi connectivity index (χ3n) is 6.67. The van der Waals surface area contributed by atoms with Gasteiger partial charge >= 0.3 is 5.97 Å². The zero-order chi connectivity index (χ0) is 31.1. The minimum absolute atomic E-state index is 0.121. The normalized spacial score (nSPS) is 13.4. The number of ether oxygens (including phenoxy) is 2. The van der Waals surface area contributed by atoms with Crippen LogP contribution < -0.4 is 4.74 Å². The molecule has 0 fully saturated rings. The molecule has 4 nitrogen and oxygen atoms in total. The van der Waals surface area contributed by atoms with E-state index < -0.39 is 5.97 Å². The van der Waals surface area contributed by atoms with Gasteiger partial charge in [0.2, 0.25) is 0 Å². The van der Waals surface area contributed by atoms with E-state index in [2.05, 4.69) is 121 Å². The van der Waals surface area contributed by atoms with E-state index in [1.54, 1.807) is 0 Å². The van der Waals surface area contributed by atoms with E-state index in [4.69, 9.17) is 9.47 Å². The van der Waals surface area contributed by atoms with E-state index in [0.29, 0.717) is 5.75 Å². The number of carbonyl (C=O) groups excluding carboxylic acids is 1. The van der Waals surface area contributed by atoms with Crippen molar-refractivity contribution in [3.05, 3.63) is 46.5 Å². The predicted octanol–water partition coefficient (Wildman–Crippen LogP) is 9.75. The second-order valence-corrected chi connectivity index (χ2v) is 18.8. The maximum Gasteiger partial charge on any atom is 0.343 e. The fourth-order valence-corrected chi connectivity index (χ4v) is 7.11. The molecule has 2 rings (SSSR count). The lowest BCUT2D eigenvalue weighted by Gasteiger charge is -2.32. The molecule has 2 aromatic carbocycles. The van der Waals surface area contributed by atoms with Gasteiger partial charge < -0.3 is 14.6 Å². The molecule has 0 saturated heterocycles. The summed E-state index contributed by atoms with van der Waals surface area (Å²) in [5.41, 5.74) is 3.34. The van der Waals surface area contributed by atoms with E-state index >= 15 is 0 Å². The first kappa shape index (κ1) is 34.4. The Morgan fingerprint density at radius 1 is 0.650 bits per heavy atom. The number of phenolic OH excluding ortho intramolecular Hbond substituents is 1. The quantitative estimate of drug-likeness (QED) is 0.197. The SMILES string of the molecule is COC(=O)COc1c(C(C)(C)C)cc(SC(C)(C)Sc2cc(C(C)(C)C)c(O)c(C(C)(C)C)c2)cc1C(C)(C)C. The summed E-state index contributed by atoms with van der Waals surface area (Å²) < 4.78 is 10.8. The maximum atomic E-state index is 12.0. The van der Waals surface area contributed by atoms with Crippen molar-refractivity contribution in [2.45, 2.75) is 132 Å². The molecule has 6 heteroatoms. The number of esters is 1. The molecule has 0 atom stereocenters. The molecule has 0 aliphatic rings. The monoisotopic (exact) mass is 588 g/mol. The van der Waals surface area contributed by atoms with Crippen molar-refractivity contribution in [3.8, 4) is 11.5 Å². The van der Waals surface area contributed by atoms with Gasteiger partial charge in [-0.25, -0.2) is 4.79 Å². The highest BCUT2D eigenvalue weighted by Gasteiger charge is 2.32. The molecule has 0 amide bonds. The molecule has 0 aliphatic heterocycles. The van der Waals surface area contributed by atoms with Crippen LogP contribution in [0.1, 0.15) is 119 Å². The van der Waals surface area contributed by atoms with Gasteiger partial charge in [-0.1, -0.05) is 83.1 Å². The van der Waals surface area contributed by atoms with E-state index in [1.165, 1.54) is 7.11 Å². The Kier molecular flexibility index (Phi) is 10.2. The summed E-state index contributed by atoms with van der Waals surface area (Å²) in [7, 11) is 1.38. The Hall–Kier alpha value is -1.79. The van der Waals surface area contributed by atoms with E-state index in [1.807, 2.05) is 23.5 Å². The number of methoxy groups -OCH3 is 1. The summed E-state index contributed by atoms with van der Waals surface area (Å²) in [5, 5.41) is 11.2. The molecule has 2 aromatic rings. The van der Waals surface area contributed by atoms with E-state index in [-0.39, 0.29) is 32.3 Å². The van der Waals surface area contributed by atoms with Crippen molar-refractivity contribution in [3.63, 3.8) is 0 Å². The van der Waals surface area contributed by atoms with Crippen LogP contribution in [0.2, 0.25) is 0 Å². The van der Waals surface area contributed by atoms with Crippen molar-refractivity contribution in [2.75, 3.05) is 13.7 Å². The van der Waals surface area contributed by atoms with Crippen molar-refractivity contribution >= 4 is 29.5 Å². The number of thioether (sulfide) groups is 2. The van der Waals surface area contributed by atoms with Gasteiger partial charge in [0, 0.05) is 32.0 Å². The molecule has 1 N–H and O–H groups in total. The number of carbonyl (C=O) groups is 1. The summed E-state index contributed by atoms with van der Waals surface area (Å²) in [4.78, 5) is 14.3. The van der Waals surface area contributed by atoms with Crippen LogP contribution in [0.5, 0.6) is 11.5 Å². The Balaban J connectivity index is 2.61. The minimum atomic E-state index is -0.395. The molecule has 0 aromatic heterocycles.